The van der Waals surface area contributed by atoms with Gasteiger partial charge in [-0.2, -0.15) is 0 Å². The molecule has 1 unspecified atom stereocenters. The lowest BCUT2D eigenvalue weighted by Gasteiger charge is -2.32. The maximum absolute atomic E-state index is 12.7. The van der Waals surface area contributed by atoms with Crippen LogP contribution >= 0.6 is 0 Å². The second-order valence-corrected chi connectivity index (χ2v) is 5.70. The highest BCUT2D eigenvalue weighted by Gasteiger charge is 2.31. The number of aromatic nitrogens is 4. The third-order valence-corrected chi connectivity index (χ3v) is 4.05. The van der Waals surface area contributed by atoms with Gasteiger partial charge in [-0.25, -0.2) is 4.98 Å². The largest absolute Gasteiger partial charge is 0.493 e. The minimum atomic E-state index is -0.316. The van der Waals surface area contributed by atoms with Crippen molar-refractivity contribution >= 4 is 11.7 Å². The molecule has 1 aliphatic heterocycles. The Kier molecular flexibility index (Phi) is 3.99. The van der Waals surface area contributed by atoms with Gasteiger partial charge in [0.15, 0.2) is 11.6 Å². The van der Waals surface area contributed by atoms with E-state index in [0.717, 1.165) is 17.3 Å². The Labute approximate surface area is 134 Å². The number of rotatable bonds is 3. The SMILES string of the molecule is COc1ccc(C)nc1NC(=O)C1Cn2c(C)nnc2CN1C. The number of carbonyl (C=O) groups is 1. The van der Waals surface area contributed by atoms with Crippen LogP contribution in [-0.2, 0) is 17.9 Å². The predicted octanol–water partition coefficient (Wildman–Crippen LogP) is 0.751. The van der Waals surface area contributed by atoms with Crippen molar-refractivity contribution in [3.63, 3.8) is 0 Å². The number of amides is 1. The molecule has 3 heterocycles. The van der Waals surface area contributed by atoms with Crippen LogP contribution in [0, 0.1) is 13.8 Å². The highest BCUT2D eigenvalue weighted by atomic mass is 16.5. The van der Waals surface area contributed by atoms with Gasteiger partial charge in [0.25, 0.3) is 0 Å². The van der Waals surface area contributed by atoms with Gasteiger partial charge < -0.3 is 14.6 Å². The molecule has 1 atom stereocenters. The van der Waals surface area contributed by atoms with Crippen LogP contribution in [0.5, 0.6) is 5.75 Å². The molecule has 0 aromatic carbocycles. The summed E-state index contributed by atoms with van der Waals surface area (Å²) < 4.78 is 7.24. The number of hydrogen-bond donors (Lipinski definition) is 1. The summed E-state index contributed by atoms with van der Waals surface area (Å²) in [5, 5.41) is 11.1. The molecule has 1 amide bonds. The summed E-state index contributed by atoms with van der Waals surface area (Å²) in [4.78, 5) is 19.0. The lowest BCUT2D eigenvalue weighted by atomic mass is 10.2. The molecule has 0 bridgehead atoms. The van der Waals surface area contributed by atoms with Gasteiger partial charge in [0.05, 0.1) is 20.2 Å². The standard InChI is InChI=1S/C15H20N6O2/c1-9-5-6-12(23-4)14(16-9)17-15(22)11-7-21-10(2)18-19-13(21)8-20(11)3/h5-6,11H,7-8H2,1-4H3,(H,16,17,22). The summed E-state index contributed by atoms with van der Waals surface area (Å²) >= 11 is 0. The number of nitrogens with zero attached hydrogens (tertiary/aromatic N) is 5. The van der Waals surface area contributed by atoms with E-state index < -0.39 is 0 Å². The third kappa shape index (κ3) is 2.89. The van der Waals surface area contributed by atoms with Crippen molar-refractivity contribution in [1.82, 2.24) is 24.6 Å². The topological polar surface area (TPSA) is 85.2 Å². The molecule has 1 aliphatic rings. The number of nitrogens with one attached hydrogen (secondary N) is 1. The smallest absolute Gasteiger partial charge is 0.244 e. The molecule has 3 rings (SSSR count). The molecule has 0 fully saturated rings. The maximum Gasteiger partial charge on any atom is 0.244 e. The van der Waals surface area contributed by atoms with Crippen LogP contribution in [-0.4, -0.2) is 50.8 Å². The first-order chi connectivity index (χ1) is 11.0. The van der Waals surface area contributed by atoms with Crippen molar-refractivity contribution in [2.75, 3.05) is 19.5 Å². The molecule has 0 saturated heterocycles. The third-order valence-electron chi connectivity index (χ3n) is 4.05. The predicted molar refractivity (Wildman–Crippen MR) is 84.2 cm³/mol. The fourth-order valence-electron chi connectivity index (χ4n) is 2.71. The van der Waals surface area contributed by atoms with Gasteiger partial charge >= 0.3 is 0 Å². The maximum atomic E-state index is 12.7. The van der Waals surface area contributed by atoms with Crippen molar-refractivity contribution < 1.29 is 9.53 Å². The van der Waals surface area contributed by atoms with Gasteiger partial charge in [0.2, 0.25) is 5.91 Å². The highest BCUT2D eigenvalue weighted by Crippen LogP contribution is 2.23. The fourth-order valence-corrected chi connectivity index (χ4v) is 2.71. The Morgan fingerprint density at radius 1 is 1.35 bits per heavy atom. The van der Waals surface area contributed by atoms with Crippen LogP contribution in [0.25, 0.3) is 0 Å². The lowest BCUT2D eigenvalue weighted by Crippen LogP contribution is -2.48. The molecular weight excluding hydrogens is 296 g/mol. The molecule has 0 radical (unpaired) electrons. The number of pyridine rings is 1. The fraction of sp³-hybridized carbons (Fsp3) is 0.467. The van der Waals surface area contributed by atoms with E-state index in [1.54, 1.807) is 13.2 Å². The number of ether oxygens (including phenoxy) is 1. The Morgan fingerprint density at radius 2 is 2.13 bits per heavy atom. The van der Waals surface area contributed by atoms with Gasteiger partial charge in [-0.05, 0) is 33.0 Å². The van der Waals surface area contributed by atoms with Gasteiger partial charge in [-0.3, -0.25) is 9.69 Å². The minimum Gasteiger partial charge on any atom is -0.493 e. The van der Waals surface area contributed by atoms with Crippen LogP contribution in [0.15, 0.2) is 12.1 Å². The average molecular weight is 316 g/mol. The molecular formula is C15H20N6O2. The number of likely N-dealkylation sites (N-methyl/N-ethyl adjacent to an activating group) is 1. The van der Waals surface area contributed by atoms with Gasteiger partial charge in [-0.15, -0.1) is 10.2 Å². The molecule has 122 valence electrons. The molecule has 8 nitrogen and oxygen atoms in total. The molecule has 0 aliphatic carbocycles. The number of carbonyl (C=O) groups excluding carboxylic acids is 1. The lowest BCUT2D eigenvalue weighted by molar-refractivity contribution is -0.122. The van der Waals surface area contributed by atoms with E-state index in [4.69, 9.17) is 4.74 Å². The number of aryl methyl sites for hydroxylation is 2. The monoisotopic (exact) mass is 316 g/mol. The summed E-state index contributed by atoms with van der Waals surface area (Å²) in [6.07, 6.45) is 0. The molecule has 8 heteroatoms. The summed E-state index contributed by atoms with van der Waals surface area (Å²) in [6, 6.07) is 3.32. The van der Waals surface area contributed by atoms with E-state index in [1.165, 1.54) is 0 Å². The summed E-state index contributed by atoms with van der Waals surface area (Å²) in [5.41, 5.74) is 0.815. The second-order valence-electron chi connectivity index (χ2n) is 5.70. The summed E-state index contributed by atoms with van der Waals surface area (Å²) in [7, 11) is 3.46. The Balaban J connectivity index is 1.81. The first-order valence-corrected chi connectivity index (χ1v) is 7.41. The zero-order valence-corrected chi connectivity index (χ0v) is 13.7. The van der Waals surface area contributed by atoms with Crippen LogP contribution in [0.1, 0.15) is 17.3 Å². The molecule has 2 aromatic rings. The second kappa shape index (κ2) is 5.96. The van der Waals surface area contributed by atoms with Crippen molar-refractivity contribution in [3.05, 3.63) is 29.5 Å². The number of methoxy groups -OCH3 is 1. The van der Waals surface area contributed by atoms with Crippen LogP contribution in [0.3, 0.4) is 0 Å². The van der Waals surface area contributed by atoms with Crippen molar-refractivity contribution in [3.8, 4) is 5.75 Å². The molecule has 0 saturated carbocycles. The van der Waals surface area contributed by atoms with Crippen molar-refractivity contribution in [2.45, 2.75) is 33.0 Å². The van der Waals surface area contributed by atoms with E-state index in [-0.39, 0.29) is 11.9 Å². The van der Waals surface area contributed by atoms with Gasteiger partial charge in [0, 0.05) is 5.69 Å². The summed E-state index contributed by atoms with van der Waals surface area (Å²) in [5.74, 6) is 2.56. The van der Waals surface area contributed by atoms with Crippen LogP contribution in [0.4, 0.5) is 5.82 Å². The number of fused-ring (bicyclic) bond motifs is 1. The quantitative estimate of drug-likeness (QED) is 0.899. The Morgan fingerprint density at radius 3 is 2.87 bits per heavy atom. The zero-order valence-electron chi connectivity index (χ0n) is 13.7. The number of anilines is 1. The average Bonchev–Trinajstić information content (AvgIpc) is 2.87. The summed E-state index contributed by atoms with van der Waals surface area (Å²) in [6.45, 7) is 4.86. The molecule has 1 N–H and O–H groups in total. The molecule has 23 heavy (non-hydrogen) atoms. The first-order valence-electron chi connectivity index (χ1n) is 7.41. The highest BCUT2D eigenvalue weighted by molar-refractivity contribution is 5.95. The molecule has 2 aromatic heterocycles. The Bertz CT molecular complexity index is 742. The first kappa shape index (κ1) is 15.4. The van der Waals surface area contributed by atoms with Crippen LogP contribution in [0.2, 0.25) is 0 Å². The Hall–Kier alpha value is -2.48. The molecule has 0 spiro atoms. The van der Waals surface area contributed by atoms with Gasteiger partial charge in [0.1, 0.15) is 17.7 Å². The number of hydrogen-bond acceptors (Lipinski definition) is 6. The van der Waals surface area contributed by atoms with E-state index in [1.807, 2.05) is 36.4 Å². The van der Waals surface area contributed by atoms with E-state index in [9.17, 15) is 4.79 Å². The van der Waals surface area contributed by atoms with E-state index >= 15 is 0 Å². The van der Waals surface area contributed by atoms with Gasteiger partial charge in [-0.1, -0.05) is 0 Å². The van der Waals surface area contributed by atoms with Crippen molar-refractivity contribution in [2.24, 2.45) is 0 Å². The van der Waals surface area contributed by atoms with Crippen LogP contribution < -0.4 is 10.1 Å². The normalized spacial score (nSPS) is 17.7. The zero-order chi connectivity index (χ0) is 16.6. The van der Waals surface area contributed by atoms with Crippen molar-refractivity contribution in [1.29, 1.82) is 0 Å². The minimum absolute atomic E-state index is 0.123. The van der Waals surface area contributed by atoms with E-state index in [0.29, 0.717) is 24.7 Å². The van der Waals surface area contributed by atoms with E-state index in [2.05, 4.69) is 20.5 Å².